The van der Waals surface area contributed by atoms with Crippen LogP contribution in [0.5, 0.6) is 0 Å². The molecule has 1 heterocycles. The molecule has 0 aromatic carbocycles. The van der Waals surface area contributed by atoms with E-state index in [0.29, 0.717) is 11.0 Å². The van der Waals surface area contributed by atoms with Gasteiger partial charge in [0.1, 0.15) is 4.60 Å². The summed E-state index contributed by atoms with van der Waals surface area (Å²) in [6.45, 7) is 0. The third-order valence-corrected chi connectivity index (χ3v) is 1.39. The van der Waals surface area contributed by atoms with Crippen LogP contribution >= 0.6 is 15.9 Å². The molecule has 0 radical (unpaired) electrons. The van der Waals surface area contributed by atoms with E-state index >= 15 is 0 Å². The fourth-order valence-electron chi connectivity index (χ4n) is 0.560. The number of rotatable bonds is 2. The summed E-state index contributed by atoms with van der Waals surface area (Å²) in [5, 5.41) is 2.50. The first-order valence-electron chi connectivity index (χ1n) is 2.64. The number of aromatic nitrogens is 1. The topological polar surface area (TPSA) is 42.0 Å². The van der Waals surface area contributed by atoms with Crippen LogP contribution in [-0.4, -0.2) is 11.4 Å². The summed E-state index contributed by atoms with van der Waals surface area (Å²) < 4.78 is 0.708. The van der Waals surface area contributed by atoms with Crippen LogP contribution < -0.4 is 5.32 Å². The molecule has 0 fully saturated rings. The van der Waals surface area contributed by atoms with Crippen molar-refractivity contribution in [2.24, 2.45) is 0 Å². The Kier molecular flexibility index (Phi) is 2.39. The van der Waals surface area contributed by atoms with Crippen LogP contribution in [0.4, 0.5) is 5.69 Å². The minimum atomic E-state index is 0.627. The molecule has 1 rings (SSSR count). The van der Waals surface area contributed by atoms with E-state index in [-0.39, 0.29) is 0 Å². The number of nitrogens with one attached hydrogen (secondary N) is 1. The van der Waals surface area contributed by atoms with Gasteiger partial charge < -0.3 is 5.32 Å². The highest BCUT2D eigenvalue weighted by atomic mass is 79.9. The maximum atomic E-state index is 9.94. The van der Waals surface area contributed by atoms with Gasteiger partial charge in [0.25, 0.3) is 0 Å². The van der Waals surface area contributed by atoms with E-state index in [9.17, 15) is 4.79 Å². The summed E-state index contributed by atoms with van der Waals surface area (Å²) in [5.74, 6) is 0. The Bertz CT molecular complexity index is 239. The van der Waals surface area contributed by atoms with Crippen LogP contribution in [0.2, 0.25) is 0 Å². The smallest absolute Gasteiger partial charge is 0.211 e. The van der Waals surface area contributed by atoms with Crippen molar-refractivity contribution < 1.29 is 4.79 Å². The third kappa shape index (κ3) is 1.80. The van der Waals surface area contributed by atoms with Crippen LogP contribution in [0.3, 0.4) is 0 Å². The van der Waals surface area contributed by atoms with Gasteiger partial charge in [0, 0.05) is 11.9 Å². The lowest BCUT2D eigenvalue weighted by Gasteiger charge is -1.95. The number of pyridine rings is 1. The van der Waals surface area contributed by atoms with Crippen molar-refractivity contribution in [3.05, 3.63) is 22.9 Å². The van der Waals surface area contributed by atoms with E-state index in [0.717, 1.165) is 5.69 Å². The van der Waals surface area contributed by atoms with E-state index in [2.05, 4.69) is 26.2 Å². The van der Waals surface area contributed by atoms with Gasteiger partial charge >= 0.3 is 0 Å². The van der Waals surface area contributed by atoms with Crippen LogP contribution in [0, 0.1) is 0 Å². The molecule has 4 heteroatoms. The second-order valence-corrected chi connectivity index (χ2v) is 2.44. The Hall–Kier alpha value is -0.900. The Balaban J connectivity index is 2.84. The summed E-state index contributed by atoms with van der Waals surface area (Å²) in [4.78, 5) is 13.8. The molecule has 0 bridgehead atoms. The number of hydrogen-bond acceptors (Lipinski definition) is 2. The molecular formula is C6H5BrN2O. The lowest BCUT2D eigenvalue weighted by Crippen LogP contribution is -1.93. The highest BCUT2D eigenvalue weighted by molar-refractivity contribution is 9.10. The second kappa shape index (κ2) is 3.31. The number of anilines is 1. The number of halogens is 1. The molecule has 0 saturated carbocycles. The van der Waals surface area contributed by atoms with Gasteiger partial charge in [-0.2, -0.15) is 0 Å². The van der Waals surface area contributed by atoms with Crippen molar-refractivity contribution in [2.75, 3.05) is 5.32 Å². The summed E-state index contributed by atoms with van der Waals surface area (Å²) in [7, 11) is 0. The normalized spacial score (nSPS) is 8.90. The van der Waals surface area contributed by atoms with Crippen molar-refractivity contribution in [1.82, 2.24) is 4.98 Å². The maximum Gasteiger partial charge on any atom is 0.211 e. The predicted octanol–water partition coefficient (Wildman–Crippen LogP) is 1.41. The van der Waals surface area contributed by atoms with Gasteiger partial charge in [0.05, 0.1) is 0 Å². The average molecular weight is 201 g/mol. The van der Waals surface area contributed by atoms with Gasteiger partial charge in [0.2, 0.25) is 6.41 Å². The van der Waals surface area contributed by atoms with Crippen molar-refractivity contribution in [2.45, 2.75) is 0 Å². The first kappa shape index (κ1) is 7.21. The summed E-state index contributed by atoms with van der Waals surface area (Å²) >= 11 is 3.17. The monoisotopic (exact) mass is 200 g/mol. The number of amides is 1. The largest absolute Gasteiger partial charge is 0.329 e. The molecule has 1 amide bonds. The fourth-order valence-corrected chi connectivity index (χ4v) is 0.925. The first-order chi connectivity index (χ1) is 4.83. The van der Waals surface area contributed by atoms with Gasteiger partial charge in [-0.05, 0) is 28.1 Å². The van der Waals surface area contributed by atoms with E-state index in [1.165, 1.54) is 0 Å². The Labute approximate surface area is 66.6 Å². The van der Waals surface area contributed by atoms with Gasteiger partial charge in [-0.15, -0.1) is 0 Å². The molecule has 1 N–H and O–H groups in total. The molecular weight excluding hydrogens is 196 g/mol. The zero-order chi connectivity index (χ0) is 7.40. The minimum absolute atomic E-state index is 0.627. The van der Waals surface area contributed by atoms with Crippen LogP contribution in [0.15, 0.2) is 22.9 Å². The second-order valence-electron chi connectivity index (χ2n) is 1.63. The number of carbonyl (C=O) groups is 1. The maximum absolute atomic E-state index is 9.94. The molecule has 0 spiro atoms. The average Bonchev–Trinajstić information content (AvgIpc) is 1.88. The summed E-state index contributed by atoms with van der Waals surface area (Å²) in [6.07, 6.45) is 2.23. The Morgan fingerprint density at radius 1 is 1.70 bits per heavy atom. The van der Waals surface area contributed by atoms with Gasteiger partial charge in [-0.25, -0.2) is 4.98 Å². The van der Waals surface area contributed by atoms with Crippen LogP contribution in [-0.2, 0) is 4.79 Å². The molecule has 0 aliphatic rings. The SMILES string of the molecule is O=CNc1ccnc(Br)c1. The van der Waals surface area contributed by atoms with Crippen molar-refractivity contribution in [1.29, 1.82) is 0 Å². The van der Waals surface area contributed by atoms with E-state index < -0.39 is 0 Å². The number of nitrogens with zero attached hydrogens (tertiary/aromatic N) is 1. The molecule has 1 aromatic rings. The van der Waals surface area contributed by atoms with Crippen molar-refractivity contribution in [3.8, 4) is 0 Å². The molecule has 0 saturated heterocycles. The lowest BCUT2D eigenvalue weighted by atomic mass is 10.4. The van der Waals surface area contributed by atoms with Crippen molar-refractivity contribution in [3.63, 3.8) is 0 Å². The number of carbonyl (C=O) groups excluding carboxylic acids is 1. The quantitative estimate of drug-likeness (QED) is 0.580. The van der Waals surface area contributed by atoms with Crippen LogP contribution in [0.1, 0.15) is 0 Å². The standard InChI is InChI=1S/C6H5BrN2O/c7-6-3-5(9-4-10)1-2-8-6/h1-4H,(H,8,9,10). The Morgan fingerprint density at radius 3 is 3.10 bits per heavy atom. The first-order valence-corrected chi connectivity index (χ1v) is 3.44. The molecule has 0 atom stereocenters. The zero-order valence-electron chi connectivity index (χ0n) is 5.04. The molecule has 52 valence electrons. The van der Waals surface area contributed by atoms with Crippen LogP contribution in [0.25, 0.3) is 0 Å². The predicted molar refractivity (Wildman–Crippen MR) is 41.6 cm³/mol. The molecule has 1 aromatic heterocycles. The highest BCUT2D eigenvalue weighted by Gasteiger charge is 1.89. The zero-order valence-corrected chi connectivity index (χ0v) is 6.63. The van der Waals surface area contributed by atoms with E-state index in [4.69, 9.17) is 0 Å². The number of hydrogen-bond donors (Lipinski definition) is 1. The van der Waals surface area contributed by atoms with Gasteiger partial charge in [-0.3, -0.25) is 4.79 Å². The van der Waals surface area contributed by atoms with Gasteiger partial charge in [0.15, 0.2) is 0 Å². The molecule has 0 unspecified atom stereocenters. The van der Waals surface area contributed by atoms with Gasteiger partial charge in [-0.1, -0.05) is 0 Å². The highest BCUT2D eigenvalue weighted by Crippen LogP contribution is 2.11. The molecule has 0 aliphatic carbocycles. The molecule has 0 aliphatic heterocycles. The molecule has 3 nitrogen and oxygen atoms in total. The van der Waals surface area contributed by atoms with E-state index in [1.54, 1.807) is 18.3 Å². The lowest BCUT2D eigenvalue weighted by molar-refractivity contribution is -0.105. The third-order valence-electron chi connectivity index (χ3n) is 0.952. The molecule has 10 heavy (non-hydrogen) atoms. The summed E-state index contributed by atoms with van der Waals surface area (Å²) in [5.41, 5.74) is 0.733. The minimum Gasteiger partial charge on any atom is -0.329 e. The van der Waals surface area contributed by atoms with Crippen molar-refractivity contribution >= 4 is 28.0 Å². The summed E-state index contributed by atoms with van der Waals surface area (Å²) in [6, 6.07) is 3.42. The fraction of sp³-hybridized carbons (Fsp3) is 0. The van der Waals surface area contributed by atoms with E-state index in [1.807, 2.05) is 0 Å². The Morgan fingerprint density at radius 2 is 2.50 bits per heavy atom.